The molecule has 0 spiro atoms. The second-order valence-electron chi connectivity index (χ2n) is 23.8. The quantitative estimate of drug-likeness (QED) is 0.0261. The molecule has 0 aromatic rings. The van der Waals surface area contributed by atoms with Crippen LogP contribution in [0, 0.1) is 0 Å². The van der Waals surface area contributed by atoms with Crippen LogP contribution in [0.4, 0.5) is 0 Å². The standard InChI is InChI=1S/C75H134O6/c1-4-7-10-13-16-18-20-22-24-26-28-30-31-32-33-34-35-36-37-38-39-40-41-42-43-45-46-48-50-52-54-56-59-62-65-68-74(77)80-71-72(70-79-73(76)67-64-61-58-15-12-9-6-3)81-75(78)69-66-63-60-57-55-53-51-49-47-44-29-27-25-23-21-19-17-14-11-8-5-2/h8,11,17,19-20,22-23,25-26,28-29,44,72H,4-7,9-10,12-16,18,21,24,27,30-43,45-71H2,1-3H3/b11-8-,19-17-,22-20-,25-23-,28-26-,44-29-. The molecule has 6 nitrogen and oxygen atoms in total. The molecule has 0 N–H and O–H groups in total. The van der Waals surface area contributed by atoms with E-state index < -0.39 is 6.10 Å². The Balaban J connectivity index is 3.98. The lowest BCUT2D eigenvalue weighted by molar-refractivity contribution is -0.167. The Hall–Kier alpha value is -3.15. The lowest BCUT2D eigenvalue weighted by Gasteiger charge is -2.18. The van der Waals surface area contributed by atoms with E-state index in [2.05, 4.69) is 93.7 Å². The minimum absolute atomic E-state index is 0.0743. The van der Waals surface area contributed by atoms with E-state index in [1.54, 1.807) is 0 Å². The highest BCUT2D eigenvalue weighted by atomic mass is 16.6. The molecule has 0 aromatic heterocycles. The molecule has 0 fully saturated rings. The third-order valence-corrected chi connectivity index (χ3v) is 15.7. The summed E-state index contributed by atoms with van der Waals surface area (Å²) in [7, 11) is 0. The molecule has 0 bridgehead atoms. The molecule has 1 atom stereocenters. The third kappa shape index (κ3) is 67.5. The van der Waals surface area contributed by atoms with Crippen molar-refractivity contribution in [3.05, 3.63) is 72.9 Å². The largest absolute Gasteiger partial charge is 0.462 e. The number of ether oxygens (including phenoxy) is 3. The molecule has 0 saturated heterocycles. The van der Waals surface area contributed by atoms with Crippen molar-refractivity contribution >= 4 is 17.9 Å². The fourth-order valence-electron chi connectivity index (χ4n) is 10.4. The van der Waals surface area contributed by atoms with Crippen LogP contribution in [0.3, 0.4) is 0 Å². The molecule has 0 aliphatic heterocycles. The molecule has 0 heterocycles. The van der Waals surface area contributed by atoms with Gasteiger partial charge in [-0.3, -0.25) is 14.4 Å². The van der Waals surface area contributed by atoms with Gasteiger partial charge in [-0.2, -0.15) is 0 Å². The van der Waals surface area contributed by atoms with E-state index >= 15 is 0 Å². The van der Waals surface area contributed by atoms with Crippen molar-refractivity contribution in [1.82, 2.24) is 0 Å². The smallest absolute Gasteiger partial charge is 0.306 e. The molecule has 0 aromatic carbocycles. The maximum absolute atomic E-state index is 12.9. The van der Waals surface area contributed by atoms with E-state index in [9.17, 15) is 14.4 Å². The van der Waals surface area contributed by atoms with Crippen molar-refractivity contribution < 1.29 is 28.6 Å². The number of unbranched alkanes of at least 4 members (excludes halogenated alkanes) is 42. The molecule has 0 aliphatic rings. The number of rotatable bonds is 65. The van der Waals surface area contributed by atoms with Gasteiger partial charge in [-0.25, -0.2) is 0 Å². The number of carbonyl (C=O) groups excluding carboxylic acids is 3. The number of carbonyl (C=O) groups is 3. The highest BCUT2D eigenvalue weighted by Crippen LogP contribution is 2.18. The molecular weight excluding hydrogens is 997 g/mol. The van der Waals surface area contributed by atoms with E-state index in [1.807, 2.05) is 0 Å². The first-order chi connectivity index (χ1) is 40.0. The SMILES string of the molecule is CC/C=C\C/C=C\C/C=C\C/C=C\CCCCCCCCCCC(=O)OC(COC(=O)CCCCCCCCC)COC(=O)CCCCCCCCCCCCCCCCCCCCCCCCC/C=C\C/C=C\CCCCCCC. The zero-order valence-electron chi connectivity index (χ0n) is 54.1. The van der Waals surface area contributed by atoms with Crippen molar-refractivity contribution in [2.45, 2.75) is 374 Å². The second kappa shape index (κ2) is 69.3. The number of esters is 3. The minimum atomic E-state index is -0.776. The fraction of sp³-hybridized carbons (Fsp3) is 0.800. The van der Waals surface area contributed by atoms with Gasteiger partial charge >= 0.3 is 17.9 Å². The molecule has 1 unspecified atom stereocenters. The predicted octanol–water partition coefficient (Wildman–Crippen LogP) is 24.4. The first-order valence-electron chi connectivity index (χ1n) is 35.4. The summed E-state index contributed by atoms with van der Waals surface area (Å²) in [4.78, 5) is 38.1. The second-order valence-corrected chi connectivity index (χ2v) is 23.8. The van der Waals surface area contributed by atoms with Crippen LogP contribution in [0.5, 0.6) is 0 Å². The van der Waals surface area contributed by atoms with E-state index in [-0.39, 0.29) is 31.1 Å². The highest BCUT2D eigenvalue weighted by molar-refractivity contribution is 5.71. The van der Waals surface area contributed by atoms with Crippen molar-refractivity contribution in [1.29, 1.82) is 0 Å². The van der Waals surface area contributed by atoms with Gasteiger partial charge in [-0.1, -0.05) is 331 Å². The molecule has 0 saturated carbocycles. The van der Waals surface area contributed by atoms with E-state index in [0.29, 0.717) is 19.3 Å². The summed E-state index contributed by atoms with van der Waals surface area (Å²) in [5.41, 5.74) is 0. The van der Waals surface area contributed by atoms with Crippen LogP contribution in [-0.4, -0.2) is 37.2 Å². The minimum Gasteiger partial charge on any atom is -0.462 e. The molecule has 81 heavy (non-hydrogen) atoms. The van der Waals surface area contributed by atoms with Gasteiger partial charge in [0.05, 0.1) is 0 Å². The van der Waals surface area contributed by atoms with Crippen LogP contribution in [0.2, 0.25) is 0 Å². The van der Waals surface area contributed by atoms with Crippen LogP contribution in [0.15, 0.2) is 72.9 Å². The van der Waals surface area contributed by atoms with Crippen LogP contribution >= 0.6 is 0 Å². The summed E-state index contributed by atoms with van der Waals surface area (Å²) >= 11 is 0. The lowest BCUT2D eigenvalue weighted by Crippen LogP contribution is -2.30. The zero-order valence-corrected chi connectivity index (χ0v) is 54.1. The van der Waals surface area contributed by atoms with Gasteiger partial charge in [0, 0.05) is 19.3 Å². The summed E-state index contributed by atoms with van der Waals surface area (Å²) in [5, 5.41) is 0. The van der Waals surface area contributed by atoms with Gasteiger partial charge in [0.25, 0.3) is 0 Å². The van der Waals surface area contributed by atoms with Gasteiger partial charge in [0.15, 0.2) is 6.10 Å². The van der Waals surface area contributed by atoms with Crippen molar-refractivity contribution in [2.75, 3.05) is 13.2 Å². The average molecular weight is 1130 g/mol. The maximum atomic E-state index is 12.9. The molecule has 0 rings (SSSR count). The van der Waals surface area contributed by atoms with Gasteiger partial charge in [-0.15, -0.1) is 0 Å². The topological polar surface area (TPSA) is 78.9 Å². The Morgan fingerprint density at radius 1 is 0.259 bits per heavy atom. The summed E-state index contributed by atoms with van der Waals surface area (Å²) < 4.78 is 16.9. The van der Waals surface area contributed by atoms with Crippen molar-refractivity contribution in [3.8, 4) is 0 Å². The van der Waals surface area contributed by atoms with Crippen molar-refractivity contribution in [2.24, 2.45) is 0 Å². The first-order valence-corrected chi connectivity index (χ1v) is 35.4. The highest BCUT2D eigenvalue weighted by Gasteiger charge is 2.19. The van der Waals surface area contributed by atoms with Gasteiger partial charge < -0.3 is 14.2 Å². The Labute approximate surface area is 503 Å². The van der Waals surface area contributed by atoms with E-state index in [4.69, 9.17) is 14.2 Å². The van der Waals surface area contributed by atoms with Crippen molar-refractivity contribution in [3.63, 3.8) is 0 Å². The Morgan fingerprint density at radius 2 is 0.481 bits per heavy atom. The normalized spacial score (nSPS) is 12.5. The van der Waals surface area contributed by atoms with Gasteiger partial charge in [0.2, 0.25) is 0 Å². The number of hydrogen-bond donors (Lipinski definition) is 0. The summed E-state index contributed by atoms with van der Waals surface area (Å²) in [6, 6.07) is 0. The number of allylic oxidation sites excluding steroid dienone is 12. The molecule has 6 heteroatoms. The molecule has 470 valence electrons. The van der Waals surface area contributed by atoms with Crippen LogP contribution < -0.4 is 0 Å². The summed E-state index contributed by atoms with van der Waals surface area (Å²) in [6.45, 7) is 6.51. The zero-order chi connectivity index (χ0) is 58.5. The molecular formula is C75H134O6. The van der Waals surface area contributed by atoms with Gasteiger partial charge in [-0.05, 0) is 89.9 Å². The predicted molar refractivity (Wildman–Crippen MR) is 353 cm³/mol. The van der Waals surface area contributed by atoms with Crippen LogP contribution in [0.25, 0.3) is 0 Å². The van der Waals surface area contributed by atoms with Crippen LogP contribution in [-0.2, 0) is 28.6 Å². The summed E-state index contributed by atoms with van der Waals surface area (Å²) in [6.07, 6.45) is 91.2. The van der Waals surface area contributed by atoms with Crippen LogP contribution in [0.1, 0.15) is 367 Å². The molecule has 0 radical (unpaired) electrons. The third-order valence-electron chi connectivity index (χ3n) is 15.7. The average Bonchev–Trinajstić information content (AvgIpc) is 3.47. The maximum Gasteiger partial charge on any atom is 0.306 e. The Kier molecular flexibility index (Phi) is 66.6. The Bertz CT molecular complexity index is 1490. The van der Waals surface area contributed by atoms with Gasteiger partial charge in [0.1, 0.15) is 13.2 Å². The van der Waals surface area contributed by atoms with E-state index in [0.717, 1.165) is 96.3 Å². The van der Waals surface area contributed by atoms with E-state index in [1.165, 1.54) is 231 Å². The molecule has 0 aliphatic carbocycles. The first kappa shape index (κ1) is 77.9. The number of hydrogen-bond acceptors (Lipinski definition) is 6. The summed E-state index contributed by atoms with van der Waals surface area (Å²) in [5.74, 6) is -0.871. The molecule has 0 amide bonds. The Morgan fingerprint density at radius 3 is 0.753 bits per heavy atom. The monoisotopic (exact) mass is 1130 g/mol. The fourth-order valence-corrected chi connectivity index (χ4v) is 10.4. The lowest BCUT2D eigenvalue weighted by atomic mass is 10.0.